The molecule has 496 valence electrons. The van der Waals surface area contributed by atoms with E-state index in [2.05, 4.69) is 21.3 Å². The van der Waals surface area contributed by atoms with E-state index < -0.39 is 58.8 Å². The Morgan fingerprint density at radius 3 is 1.76 bits per heavy atom. The van der Waals surface area contributed by atoms with E-state index in [0.717, 1.165) is 28.7 Å². The Bertz CT molecular complexity index is 2630. The number of thioether (sulfide) groups is 1. The molecular weight excluding hydrogens is 1180 g/mol. The van der Waals surface area contributed by atoms with E-state index in [1.807, 2.05) is 55.7 Å². The molecule has 24 nitrogen and oxygen atoms in total. The van der Waals surface area contributed by atoms with Crippen molar-refractivity contribution in [3.63, 3.8) is 0 Å². The van der Waals surface area contributed by atoms with Gasteiger partial charge in [-0.15, -0.1) is 0 Å². The highest BCUT2D eigenvalue weighted by Gasteiger charge is 2.38. The lowest BCUT2D eigenvalue weighted by molar-refractivity contribution is -0.137. The van der Waals surface area contributed by atoms with Crippen LogP contribution in [-0.4, -0.2) is 223 Å². The standard InChI is InChI=1S/C62H93F2N9O15S/c1-45(2)57(70-53(75)18-24-81-26-28-83-30-32-85-34-36-87-38-39-88-37-35-86-33-31-84-29-27-82-25-20-66-52(74)17-23-72-54(76)15-16-55(72)77)61(80)68-46(3)60(79)67-21-40-89-44-56(78)73(22-10-19-65)58(62(4,5)6)59-69-51(49-41-48(63)13-14-50(49)64)43-71(59)42-47-11-8-7-9-12-47/h7-9,11-16,41,43,45-46,57-58H,10,17-40,42,44,65H2,1-6H3,(H,66,74)(H,67,79)(H,68,80)(H,70,75)/t46-,57-,58-/m0/s1. The number of nitrogens with one attached hydrogen (secondary N) is 4. The first-order valence-corrected chi connectivity index (χ1v) is 31.4. The highest BCUT2D eigenvalue weighted by Crippen LogP contribution is 2.40. The molecule has 1 aliphatic heterocycles. The molecule has 0 bridgehead atoms. The average molecular weight is 1270 g/mol. The third-order valence-corrected chi connectivity index (χ3v) is 14.3. The van der Waals surface area contributed by atoms with E-state index in [1.54, 1.807) is 31.9 Å². The Hall–Kier alpha value is -6.27. The topological polar surface area (TPSA) is 292 Å². The zero-order chi connectivity index (χ0) is 64.8. The van der Waals surface area contributed by atoms with Gasteiger partial charge in [0, 0.05) is 75.2 Å². The number of carbonyl (C=O) groups is 7. The molecule has 7 amide bonds. The average Bonchev–Trinajstić information content (AvgIpc) is 1.89. The third kappa shape index (κ3) is 29.5. The predicted molar refractivity (Wildman–Crippen MR) is 330 cm³/mol. The third-order valence-electron chi connectivity index (χ3n) is 13.4. The minimum atomic E-state index is -0.923. The molecule has 1 aliphatic rings. The van der Waals surface area contributed by atoms with Crippen molar-refractivity contribution >= 4 is 53.1 Å². The maximum atomic E-state index is 15.2. The first-order valence-electron chi connectivity index (χ1n) is 30.2. The Balaban J connectivity index is 0.993. The number of rotatable bonds is 48. The number of imide groups is 1. The van der Waals surface area contributed by atoms with Crippen LogP contribution < -0.4 is 27.0 Å². The lowest BCUT2D eigenvalue weighted by Gasteiger charge is -2.40. The lowest BCUT2D eigenvalue weighted by atomic mass is 9.84. The Morgan fingerprint density at radius 2 is 1.22 bits per heavy atom. The summed E-state index contributed by atoms with van der Waals surface area (Å²) in [6, 6.07) is 10.5. The summed E-state index contributed by atoms with van der Waals surface area (Å²) in [6.45, 7) is 18.3. The van der Waals surface area contributed by atoms with Crippen molar-refractivity contribution in [3.8, 4) is 11.3 Å². The minimum Gasteiger partial charge on any atom is -0.379 e. The van der Waals surface area contributed by atoms with E-state index >= 15 is 4.39 Å². The van der Waals surface area contributed by atoms with Gasteiger partial charge in [0.05, 0.1) is 123 Å². The summed E-state index contributed by atoms with van der Waals surface area (Å²) < 4.78 is 75.5. The first-order chi connectivity index (χ1) is 42.8. The molecule has 27 heteroatoms. The van der Waals surface area contributed by atoms with Crippen molar-refractivity contribution in [2.24, 2.45) is 17.1 Å². The lowest BCUT2D eigenvalue weighted by Crippen LogP contribution is -2.54. The minimum absolute atomic E-state index is 0.00739. The van der Waals surface area contributed by atoms with E-state index in [-0.39, 0.29) is 79.8 Å². The number of nitrogens with two attached hydrogens (primary N) is 1. The van der Waals surface area contributed by atoms with Crippen LogP contribution in [0.5, 0.6) is 0 Å². The van der Waals surface area contributed by atoms with Crippen LogP contribution in [0.25, 0.3) is 11.3 Å². The number of hydrogen-bond acceptors (Lipinski definition) is 18. The molecular formula is C62H93F2N9O15S. The summed E-state index contributed by atoms with van der Waals surface area (Å²) in [6.07, 6.45) is 4.60. The molecule has 0 radical (unpaired) electrons. The van der Waals surface area contributed by atoms with Crippen LogP contribution in [0.3, 0.4) is 0 Å². The molecule has 0 spiro atoms. The monoisotopic (exact) mass is 1270 g/mol. The predicted octanol–water partition coefficient (Wildman–Crippen LogP) is 3.59. The van der Waals surface area contributed by atoms with Crippen LogP contribution in [0, 0.1) is 23.0 Å². The summed E-state index contributed by atoms with van der Waals surface area (Å²) >= 11 is 1.33. The quantitative estimate of drug-likeness (QED) is 0.0399. The van der Waals surface area contributed by atoms with Gasteiger partial charge in [0.2, 0.25) is 29.5 Å². The van der Waals surface area contributed by atoms with Gasteiger partial charge in [-0.05, 0) is 55.0 Å². The molecule has 1 aromatic heterocycles. The van der Waals surface area contributed by atoms with E-state index in [4.69, 9.17) is 48.6 Å². The van der Waals surface area contributed by atoms with E-state index in [9.17, 15) is 38.0 Å². The second kappa shape index (κ2) is 42.7. The summed E-state index contributed by atoms with van der Waals surface area (Å²) in [5, 5.41) is 10.9. The number of amides is 7. The molecule has 6 N–H and O–H groups in total. The molecule has 4 rings (SSSR count). The van der Waals surface area contributed by atoms with Crippen LogP contribution in [0.15, 0.2) is 66.9 Å². The molecule has 0 aliphatic carbocycles. The first kappa shape index (κ1) is 75.2. The molecule has 3 aromatic rings. The summed E-state index contributed by atoms with van der Waals surface area (Å²) in [5.74, 6) is -3.18. The van der Waals surface area contributed by atoms with Gasteiger partial charge in [0.15, 0.2) is 0 Å². The maximum absolute atomic E-state index is 15.2. The van der Waals surface area contributed by atoms with Crippen molar-refractivity contribution in [2.45, 2.75) is 85.5 Å². The summed E-state index contributed by atoms with van der Waals surface area (Å²) in [7, 11) is 0. The van der Waals surface area contributed by atoms with Gasteiger partial charge in [-0.3, -0.25) is 38.5 Å². The molecule has 0 saturated carbocycles. The fourth-order valence-electron chi connectivity index (χ4n) is 8.85. The largest absolute Gasteiger partial charge is 0.379 e. The summed E-state index contributed by atoms with van der Waals surface area (Å²) in [5.41, 5.74) is 6.60. The van der Waals surface area contributed by atoms with Gasteiger partial charge in [-0.2, -0.15) is 11.8 Å². The van der Waals surface area contributed by atoms with Gasteiger partial charge >= 0.3 is 0 Å². The fraction of sp³-hybridized carbons (Fsp3) is 0.613. The van der Waals surface area contributed by atoms with Crippen LogP contribution >= 0.6 is 11.8 Å². The number of benzene rings is 2. The maximum Gasteiger partial charge on any atom is 0.253 e. The van der Waals surface area contributed by atoms with Crippen molar-refractivity contribution in [2.75, 3.05) is 150 Å². The van der Waals surface area contributed by atoms with Gasteiger partial charge in [0.1, 0.15) is 29.5 Å². The number of ether oxygens (including phenoxy) is 8. The molecule has 0 fully saturated rings. The van der Waals surface area contributed by atoms with Crippen LogP contribution in [-0.2, 0) is 78.0 Å². The SMILES string of the molecule is CC(C)[C@H](NC(=O)CCOCCOCCOCCOCCOCCOCCOCCOCCNC(=O)CCN1C(=O)C=CC1=O)C(=O)N[C@@H](C)C(=O)NCCSCC(=O)N(CCCN)[C@@H](c1nc(-c2cc(F)ccc2F)cn1Cc1ccccc1)C(C)(C)C. The smallest absolute Gasteiger partial charge is 0.253 e. The number of halogens is 2. The Labute approximate surface area is 525 Å². The Kier molecular flexibility index (Phi) is 36.0. The van der Waals surface area contributed by atoms with E-state index in [0.29, 0.717) is 137 Å². The molecule has 2 aromatic carbocycles. The second-order valence-corrected chi connectivity index (χ2v) is 23.1. The van der Waals surface area contributed by atoms with Crippen LogP contribution in [0.1, 0.15) is 78.2 Å². The molecule has 0 unspecified atom stereocenters. The number of carbonyl (C=O) groups excluding carboxylic acids is 7. The van der Waals surface area contributed by atoms with Crippen molar-refractivity contribution in [3.05, 3.63) is 89.9 Å². The number of hydrogen-bond donors (Lipinski definition) is 5. The highest BCUT2D eigenvalue weighted by atomic mass is 32.2. The number of imidazole rings is 1. The molecule has 2 heterocycles. The van der Waals surface area contributed by atoms with Crippen molar-refractivity contribution in [1.82, 2.24) is 40.6 Å². The number of nitrogens with zero attached hydrogens (tertiary/aromatic N) is 4. The highest BCUT2D eigenvalue weighted by molar-refractivity contribution is 7.99. The fourth-order valence-corrected chi connectivity index (χ4v) is 9.58. The zero-order valence-corrected chi connectivity index (χ0v) is 53.2. The normalized spacial score (nSPS) is 13.4. The molecule has 89 heavy (non-hydrogen) atoms. The zero-order valence-electron chi connectivity index (χ0n) is 52.4. The number of aromatic nitrogens is 2. The summed E-state index contributed by atoms with van der Waals surface area (Å²) in [4.78, 5) is 96.1. The second-order valence-electron chi connectivity index (χ2n) is 22.0. The molecule has 0 saturated heterocycles. The Morgan fingerprint density at radius 1 is 0.674 bits per heavy atom. The van der Waals surface area contributed by atoms with Gasteiger partial charge in [-0.25, -0.2) is 13.8 Å². The van der Waals surface area contributed by atoms with Gasteiger partial charge in [-0.1, -0.05) is 65.0 Å². The van der Waals surface area contributed by atoms with Crippen molar-refractivity contribution in [1.29, 1.82) is 0 Å². The van der Waals surface area contributed by atoms with E-state index in [1.165, 1.54) is 23.9 Å². The van der Waals surface area contributed by atoms with Crippen LogP contribution in [0.4, 0.5) is 8.78 Å². The van der Waals surface area contributed by atoms with Gasteiger partial charge in [0.25, 0.3) is 11.8 Å². The van der Waals surface area contributed by atoms with Crippen molar-refractivity contribution < 1.29 is 80.2 Å². The molecule has 3 atom stereocenters. The van der Waals surface area contributed by atoms with Gasteiger partial charge < -0.3 is 74.4 Å². The van der Waals surface area contributed by atoms with Crippen LogP contribution in [0.2, 0.25) is 0 Å².